The molecule has 30 heavy (non-hydrogen) atoms. The van der Waals surface area contributed by atoms with Gasteiger partial charge < -0.3 is 18.6 Å². The zero-order valence-corrected chi connectivity index (χ0v) is 17.3. The Morgan fingerprint density at radius 3 is 2.53 bits per heavy atom. The average Bonchev–Trinajstić information content (AvgIpc) is 3.18. The predicted octanol–water partition coefficient (Wildman–Crippen LogP) is 4.48. The lowest BCUT2D eigenvalue weighted by atomic mass is 10.1. The Kier molecular flexibility index (Phi) is 6.34. The topological polar surface area (TPSA) is 83.7 Å². The highest BCUT2D eigenvalue weighted by molar-refractivity contribution is 5.79. The molecule has 0 N–H and O–H groups in total. The molecule has 0 aliphatic heterocycles. The molecule has 0 fully saturated rings. The molecule has 2 aromatic carbocycles. The first kappa shape index (κ1) is 21.3. The van der Waals surface area contributed by atoms with Gasteiger partial charge in [0, 0.05) is 5.56 Å². The monoisotopic (exact) mass is 414 g/mol. The van der Waals surface area contributed by atoms with Gasteiger partial charge in [-0.05, 0) is 75.7 Å². The number of carbonyl (C=O) groups excluding carboxylic acids is 1. The van der Waals surface area contributed by atoms with E-state index in [-0.39, 0.29) is 30.8 Å². The minimum Gasteiger partial charge on any atom is -0.484 e. The number of benzene rings is 2. The molecule has 0 saturated heterocycles. The van der Waals surface area contributed by atoms with Gasteiger partial charge in [-0.25, -0.2) is 9.18 Å². The Bertz CT molecular complexity index is 1010. The molecule has 3 rings (SSSR count). The van der Waals surface area contributed by atoms with E-state index in [1.54, 1.807) is 51.1 Å². The highest BCUT2D eigenvalue weighted by atomic mass is 19.1. The Hall–Kier alpha value is -3.42. The van der Waals surface area contributed by atoms with Crippen molar-refractivity contribution >= 4 is 5.97 Å². The summed E-state index contributed by atoms with van der Waals surface area (Å²) in [6.45, 7) is 7.27. The molecule has 3 aromatic rings. The maximum atomic E-state index is 13.0. The summed E-state index contributed by atoms with van der Waals surface area (Å²) in [6.07, 6.45) is 0. The van der Waals surface area contributed by atoms with Crippen LogP contribution in [0.4, 0.5) is 4.39 Å². The van der Waals surface area contributed by atoms with Crippen molar-refractivity contribution in [2.75, 3.05) is 6.61 Å². The van der Waals surface area contributed by atoms with Gasteiger partial charge in [0.25, 0.3) is 5.89 Å². The summed E-state index contributed by atoms with van der Waals surface area (Å²) in [4.78, 5) is 12.0. The van der Waals surface area contributed by atoms with Crippen molar-refractivity contribution in [2.24, 2.45) is 0 Å². The van der Waals surface area contributed by atoms with E-state index in [1.807, 2.05) is 6.92 Å². The van der Waals surface area contributed by atoms with Crippen LogP contribution >= 0.6 is 0 Å². The molecule has 0 amide bonds. The zero-order valence-electron chi connectivity index (χ0n) is 17.3. The van der Waals surface area contributed by atoms with Crippen LogP contribution in [-0.2, 0) is 16.1 Å². The van der Waals surface area contributed by atoms with Gasteiger partial charge in [-0.15, -0.1) is 10.2 Å². The number of halogens is 1. The van der Waals surface area contributed by atoms with E-state index in [4.69, 9.17) is 18.6 Å². The van der Waals surface area contributed by atoms with Gasteiger partial charge >= 0.3 is 5.97 Å². The highest BCUT2D eigenvalue weighted by Crippen LogP contribution is 2.28. The van der Waals surface area contributed by atoms with E-state index in [0.717, 1.165) is 5.56 Å². The van der Waals surface area contributed by atoms with Crippen LogP contribution in [0, 0.1) is 12.7 Å². The molecule has 7 nitrogen and oxygen atoms in total. The first-order valence-electron chi connectivity index (χ1n) is 9.46. The minimum absolute atomic E-state index is 0.0716. The summed E-state index contributed by atoms with van der Waals surface area (Å²) in [5.74, 6) is 0.936. The molecule has 0 aliphatic rings. The zero-order chi connectivity index (χ0) is 21.7. The van der Waals surface area contributed by atoms with E-state index in [2.05, 4.69) is 10.2 Å². The summed E-state index contributed by atoms with van der Waals surface area (Å²) in [6, 6.07) is 11.0. The van der Waals surface area contributed by atoms with E-state index >= 15 is 0 Å². The normalized spacial score (nSPS) is 11.2. The third kappa shape index (κ3) is 5.14. The van der Waals surface area contributed by atoms with Crippen molar-refractivity contribution in [2.45, 2.75) is 39.9 Å². The van der Waals surface area contributed by atoms with Crippen LogP contribution in [0.3, 0.4) is 0 Å². The number of hydrogen-bond donors (Lipinski definition) is 0. The van der Waals surface area contributed by atoms with Gasteiger partial charge in [0.15, 0.2) is 12.2 Å². The van der Waals surface area contributed by atoms with Crippen LogP contribution in [0.2, 0.25) is 0 Å². The van der Waals surface area contributed by atoms with Crippen LogP contribution < -0.4 is 9.47 Å². The van der Waals surface area contributed by atoms with Gasteiger partial charge in [-0.2, -0.15) is 0 Å². The second-order valence-electron chi connectivity index (χ2n) is 7.06. The molecule has 0 radical (unpaired) electrons. The minimum atomic E-state index is -1.11. The average molecular weight is 414 g/mol. The first-order valence-corrected chi connectivity index (χ1v) is 9.46. The van der Waals surface area contributed by atoms with Crippen LogP contribution in [0.25, 0.3) is 11.5 Å². The summed E-state index contributed by atoms with van der Waals surface area (Å²) < 4.78 is 35.2. The molecule has 0 aliphatic carbocycles. The standard InChI is InChI=1S/C22H23FN2O5/c1-5-27-21(26)22(3,4)30-18-11-10-17(12-14(18)2)28-13-19-24-25-20(29-19)15-6-8-16(23)9-7-15/h6-12H,5,13H2,1-4H3. The third-order valence-electron chi connectivity index (χ3n) is 4.20. The number of aromatic nitrogens is 2. The highest BCUT2D eigenvalue weighted by Gasteiger charge is 2.32. The van der Waals surface area contributed by atoms with Crippen LogP contribution in [0.5, 0.6) is 11.5 Å². The molecule has 0 unspecified atom stereocenters. The Morgan fingerprint density at radius 1 is 1.13 bits per heavy atom. The molecule has 1 heterocycles. The summed E-state index contributed by atoms with van der Waals surface area (Å²) in [5, 5.41) is 7.89. The fourth-order valence-corrected chi connectivity index (χ4v) is 2.61. The largest absolute Gasteiger partial charge is 0.484 e. The van der Waals surface area contributed by atoms with Gasteiger partial charge in [0.05, 0.1) is 6.61 Å². The number of carbonyl (C=O) groups is 1. The van der Waals surface area contributed by atoms with Gasteiger partial charge in [0.1, 0.15) is 17.3 Å². The molecule has 8 heteroatoms. The number of ether oxygens (including phenoxy) is 3. The van der Waals surface area contributed by atoms with E-state index < -0.39 is 11.6 Å². The van der Waals surface area contributed by atoms with Crippen molar-refractivity contribution in [3.05, 3.63) is 59.7 Å². The quantitative estimate of drug-likeness (QED) is 0.502. The molecule has 0 bridgehead atoms. The fraction of sp³-hybridized carbons (Fsp3) is 0.318. The van der Waals surface area contributed by atoms with Crippen molar-refractivity contribution in [3.8, 4) is 23.0 Å². The lowest BCUT2D eigenvalue weighted by Crippen LogP contribution is -2.39. The lowest BCUT2D eigenvalue weighted by Gasteiger charge is -2.25. The third-order valence-corrected chi connectivity index (χ3v) is 4.20. The van der Waals surface area contributed by atoms with Crippen molar-refractivity contribution in [3.63, 3.8) is 0 Å². The maximum absolute atomic E-state index is 13.0. The van der Waals surface area contributed by atoms with Gasteiger partial charge in [0.2, 0.25) is 5.89 Å². The van der Waals surface area contributed by atoms with Crippen LogP contribution in [0.1, 0.15) is 32.2 Å². The number of aryl methyl sites for hydroxylation is 1. The maximum Gasteiger partial charge on any atom is 0.349 e. The second kappa shape index (κ2) is 8.94. The number of rotatable bonds is 8. The van der Waals surface area contributed by atoms with E-state index in [0.29, 0.717) is 17.1 Å². The fourth-order valence-electron chi connectivity index (χ4n) is 2.61. The number of esters is 1. The molecule has 0 spiro atoms. The summed E-state index contributed by atoms with van der Waals surface area (Å²) >= 11 is 0. The van der Waals surface area contributed by atoms with Gasteiger partial charge in [-0.1, -0.05) is 0 Å². The number of nitrogens with zero attached hydrogens (tertiary/aromatic N) is 2. The second-order valence-corrected chi connectivity index (χ2v) is 7.06. The van der Waals surface area contributed by atoms with Crippen molar-refractivity contribution in [1.82, 2.24) is 10.2 Å². The van der Waals surface area contributed by atoms with Crippen molar-refractivity contribution < 1.29 is 27.8 Å². The Morgan fingerprint density at radius 2 is 1.87 bits per heavy atom. The smallest absolute Gasteiger partial charge is 0.349 e. The van der Waals surface area contributed by atoms with Crippen LogP contribution in [-0.4, -0.2) is 28.4 Å². The number of hydrogen-bond acceptors (Lipinski definition) is 7. The van der Waals surface area contributed by atoms with Gasteiger partial charge in [-0.3, -0.25) is 0 Å². The molecular weight excluding hydrogens is 391 g/mol. The SMILES string of the molecule is CCOC(=O)C(C)(C)Oc1ccc(OCc2nnc(-c3ccc(F)cc3)o2)cc1C. The molecule has 0 saturated carbocycles. The Labute approximate surface area is 173 Å². The summed E-state index contributed by atoms with van der Waals surface area (Å²) in [7, 11) is 0. The Balaban J connectivity index is 1.62. The molecule has 0 atom stereocenters. The summed E-state index contributed by atoms with van der Waals surface area (Å²) in [5.41, 5.74) is 0.308. The van der Waals surface area contributed by atoms with Crippen LogP contribution in [0.15, 0.2) is 46.9 Å². The predicted molar refractivity (Wildman–Crippen MR) is 107 cm³/mol. The van der Waals surface area contributed by atoms with E-state index in [1.165, 1.54) is 12.1 Å². The molecular formula is C22H23FN2O5. The first-order chi connectivity index (χ1) is 14.3. The lowest BCUT2D eigenvalue weighted by molar-refractivity contribution is -0.158. The molecule has 1 aromatic heterocycles. The molecule has 158 valence electrons. The van der Waals surface area contributed by atoms with E-state index in [9.17, 15) is 9.18 Å². The van der Waals surface area contributed by atoms with Crippen molar-refractivity contribution in [1.29, 1.82) is 0 Å².